The van der Waals surface area contributed by atoms with Crippen molar-refractivity contribution in [1.82, 2.24) is 14.4 Å². The van der Waals surface area contributed by atoms with Gasteiger partial charge in [-0.1, -0.05) is 66.7 Å². The van der Waals surface area contributed by atoms with Crippen LogP contribution in [0.15, 0.2) is 131 Å². The summed E-state index contributed by atoms with van der Waals surface area (Å²) in [5.41, 5.74) is 5.53. The second-order valence-corrected chi connectivity index (χ2v) is 9.51. The molecule has 0 spiro atoms. The van der Waals surface area contributed by atoms with Crippen LogP contribution >= 0.6 is 0 Å². The van der Waals surface area contributed by atoms with Gasteiger partial charge in [0.05, 0.1) is 22.1 Å². The number of nitrogens with zero attached hydrogens (tertiary/aromatic N) is 4. The summed E-state index contributed by atoms with van der Waals surface area (Å²) >= 11 is 0. The van der Waals surface area contributed by atoms with Gasteiger partial charge in [0.15, 0.2) is 5.65 Å². The molecule has 0 unspecified atom stereocenters. The molecule has 0 aliphatic heterocycles. The lowest BCUT2D eigenvalue weighted by molar-refractivity contribution is 0.641. The Balaban J connectivity index is 1.38. The molecule has 0 radical (unpaired) electrons. The molecule has 3 aromatic heterocycles. The van der Waals surface area contributed by atoms with Gasteiger partial charge >= 0.3 is 5.69 Å². The Morgan fingerprint density at radius 3 is 2.36 bits per heavy atom. The molecule has 5 aromatic carbocycles. The number of fused-ring (bicyclic) bond motifs is 7. The van der Waals surface area contributed by atoms with Crippen LogP contribution in [-0.2, 0) is 0 Å². The van der Waals surface area contributed by atoms with E-state index in [1.807, 2.05) is 60.7 Å². The molecule has 39 heavy (non-hydrogen) atoms. The predicted molar refractivity (Wildman–Crippen MR) is 156 cm³/mol. The monoisotopic (exact) mass is 504 g/mol. The van der Waals surface area contributed by atoms with Crippen molar-refractivity contribution in [2.24, 2.45) is 0 Å². The van der Waals surface area contributed by atoms with E-state index in [1.165, 1.54) is 0 Å². The third kappa shape index (κ3) is 3.32. The third-order valence-electron chi connectivity index (χ3n) is 7.20. The fourth-order valence-corrected chi connectivity index (χ4v) is 5.43. The molecular weight excluding hydrogens is 484 g/mol. The zero-order valence-electron chi connectivity index (χ0n) is 20.7. The number of imidazole rings is 1. The van der Waals surface area contributed by atoms with Gasteiger partial charge in [-0.25, -0.2) is 14.2 Å². The fraction of sp³-hybridized carbons (Fsp3) is 0. The van der Waals surface area contributed by atoms with Crippen molar-refractivity contribution in [3.8, 4) is 0 Å². The maximum Gasteiger partial charge on any atom is 0.357 e. The molecule has 0 aliphatic rings. The summed E-state index contributed by atoms with van der Waals surface area (Å²) < 4.78 is 7.84. The number of anilines is 3. The van der Waals surface area contributed by atoms with Crippen LogP contribution in [0.2, 0.25) is 0 Å². The van der Waals surface area contributed by atoms with Gasteiger partial charge in [-0.3, -0.25) is 0 Å². The standard InChI is InChI=1S/C33H20N4O2/c38-33-35-32-26(31-34-27-14-6-7-15-29(27)37(31)33)19-22-17-18-24(20-30(22)39-32)36(23-11-2-1-3-12-23)28-16-8-10-21-9-4-5-13-25(21)28/h1-20H. The molecule has 8 rings (SSSR count). The van der Waals surface area contributed by atoms with Crippen LogP contribution in [-0.4, -0.2) is 14.4 Å². The van der Waals surface area contributed by atoms with Crippen molar-refractivity contribution in [3.63, 3.8) is 0 Å². The molecule has 0 N–H and O–H groups in total. The maximum absolute atomic E-state index is 13.0. The maximum atomic E-state index is 13.0. The van der Waals surface area contributed by atoms with Crippen molar-refractivity contribution < 1.29 is 4.42 Å². The van der Waals surface area contributed by atoms with Gasteiger partial charge in [0, 0.05) is 28.2 Å². The summed E-state index contributed by atoms with van der Waals surface area (Å²) in [7, 11) is 0. The Morgan fingerprint density at radius 2 is 1.44 bits per heavy atom. The Kier molecular flexibility index (Phi) is 4.57. The van der Waals surface area contributed by atoms with E-state index in [0.29, 0.717) is 16.6 Å². The van der Waals surface area contributed by atoms with E-state index in [9.17, 15) is 4.79 Å². The Labute approximate surface area is 222 Å². The molecule has 0 saturated carbocycles. The second-order valence-electron chi connectivity index (χ2n) is 9.51. The van der Waals surface area contributed by atoms with Crippen molar-refractivity contribution in [2.45, 2.75) is 0 Å². The molecule has 0 saturated heterocycles. The molecular formula is C33H20N4O2. The van der Waals surface area contributed by atoms with E-state index in [2.05, 4.69) is 70.5 Å². The zero-order chi connectivity index (χ0) is 25.9. The van der Waals surface area contributed by atoms with Crippen LogP contribution in [0.4, 0.5) is 17.1 Å². The highest BCUT2D eigenvalue weighted by Crippen LogP contribution is 2.40. The average Bonchev–Trinajstić information content (AvgIpc) is 3.38. The Morgan fingerprint density at radius 1 is 0.641 bits per heavy atom. The highest BCUT2D eigenvalue weighted by Gasteiger charge is 2.18. The summed E-state index contributed by atoms with van der Waals surface area (Å²) in [5, 5.41) is 3.90. The topological polar surface area (TPSA) is 63.6 Å². The number of para-hydroxylation sites is 3. The normalized spacial score (nSPS) is 11.7. The van der Waals surface area contributed by atoms with Gasteiger partial charge in [-0.2, -0.15) is 4.98 Å². The number of benzene rings is 5. The minimum Gasteiger partial charge on any atom is -0.437 e. The Bertz CT molecular complexity index is 2260. The van der Waals surface area contributed by atoms with E-state index in [4.69, 9.17) is 9.40 Å². The second kappa shape index (κ2) is 8.26. The van der Waals surface area contributed by atoms with Crippen LogP contribution in [0, 0.1) is 0 Å². The summed E-state index contributed by atoms with van der Waals surface area (Å²) in [6, 6.07) is 40.6. The highest BCUT2D eigenvalue weighted by molar-refractivity contribution is 6.02. The zero-order valence-corrected chi connectivity index (χ0v) is 20.7. The quantitative estimate of drug-likeness (QED) is 0.230. The first kappa shape index (κ1) is 21.6. The molecule has 0 amide bonds. The lowest BCUT2D eigenvalue weighted by Crippen LogP contribution is -2.16. The highest BCUT2D eigenvalue weighted by atomic mass is 16.3. The number of hydrogen-bond acceptors (Lipinski definition) is 5. The number of rotatable bonds is 3. The van der Waals surface area contributed by atoms with Gasteiger partial charge < -0.3 is 9.32 Å². The fourth-order valence-electron chi connectivity index (χ4n) is 5.43. The van der Waals surface area contributed by atoms with Crippen molar-refractivity contribution in [3.05, 3.63) is 132 Å². The van der Waals surface area contributed by atoms with Crippen LogP contribution < -0.4 is 10.6 Å². The molecule has 6 nitrogen and oxygen atoms in total. The SMILES string of the molecule is O=c1nc2oc3cc(N(c4ccccc4)c4cccc5ccccc45)ccc3cc2c2nc3ccccc3n12. The number of hydrogen-bond donors (Lipinski definition) is 0. The van der Waals surface area contributed by atoms with Crippen molar-refractivity contribution >= 4 is 66.6 Å². The van der Waals surface area contributed by atoms with E-state index in [1.54, 1.807) is 4.40 Å². The Hall–Kier alpha value is -5.49. The van der Waals surface area contributed by atoms with Crippen LogP contribution in [0.1, 0.15) is 0 Å². The van der Waals surface area contributed by atoms with E-state index in [-0.39, 0.29) is 5.71 Å². The minimum atomic E-state index is -0.410. The van der Waals surface area contributed by atoms with Crippen LogP contribution in [0.5, 0.6) is 0 Å². The van der Waals surface area contributed by atoms with Gasteiger partial charge in [0.2, 0.25) is 5.71 Å². The summed E-state index contributed by atoms with van der Waals surface area (Å²) in [5.74, 6) is 0. The lowest BCUT2D eigenvalue weighted by Gasteiger charge is -2.27. The molecule has 0 atom stereocenters. The molecule has 184 valence electrons. The molecule has 6 heteroatoms. The van der Waals surface area contributed by atoms with Gasteiger partial charge in [0.25, 0.3) is 0 Å². The van der Waals surface area contributed by atoms with E-state index >= 15 is 0 Å². The predicted octanol–water partition coefficient (Wildman–Crippen LogP) is 7.77. The first-order valence-corrected chi connectivity index (χ1v) is 12.7. The largest absolute Gasteiger partial charge is 0.437 e. The summed E-state index contributed by atoms with van der Waals surface area (Å²) in [6.45, 7) is 0. The number of aromatic nitrogens is 3. The van der Waals surface area contributed by atoms with Gasteiger partial charge in [-0.05, 0) is 53.9 Å². The van der Waals surface area contributed by atoms with Crippen LogP contribution in [0.25, 0.3) is 49.5 Å². The summed E-state index contributed by atoms with van der Waals surface area (Å²) in [6.07, 6.45) is 0. The first-order chi connectivity index (χ1) is 19.2. The van der Waals surface area contributed by atoms with Crippen molar-refractivity contribution in [1.29, 1.82) is 0 Å². The molecule has 0 bridgehead atoms. The molecule has 8 aromatic rings. The lowest BCUT2D eigenvalue weighted by atomic mass is 10.1. The third-order valence-corrected chi connectivity index (χ3v) is 7.20. The van der Waals surface area contributed by atoms with E-state index < -0.39 is 5.69 Å². The molecule has 0 aliphatic carbocycles. The van der Waals surface area contributed by atoms with Gasteiger partial charge in [0.1, 0.15) is 5.58 Å². The first-order valence-electron chi connectivity index (χ1n) is 12.7. The average molecular weight is 505 g/mol. The van der Waals surface area contributed by atoms with Crippen LogP contribution in [0.3, 0.4) is 0 Å². The molecule has 0 fully saturated rings. The van der Waals surface area contributed by atoms with Gasteiger partial charge in [-0.15, -0.1) is 0 Å². The van der Waals surface area contributed by atoms with E-state index in [0.717, 1.165) is 44.3 Å². The minimum absolute atomic E-state index is 0.267. The molecule has 3 heterocycles. The smallest absolute Gasteiger partial charge is 0.357 e. The van der Waals surface area contributed by atoms with Crippen molar-refractivity contribution in [2.75, 3.05) is 4.90 Å². The summed E-state index contributed by atoms with van der Waals surface area (Å²) in [4.78, 5) is 24.3.